The Hall–Kier alpha value is -0.800. The van der Waals surface area contributed by atoms with Crippen LogP contribution in [0.4, 0.5) is 0 Å². The van der Waals surface area contributed by atoms with Gasteiger partial charge in [-0.05, 0) is 59.3 Å². The van der Waals surface area contributed by atoms with Gasteiger partial charge in [-0.15, -0.1) is 0 Å². The van der Waals surface area contributed by atoms with Crippen LogP contribution in [0.1, 0.15) is 44.4 Å². The average Bonchev–Trinajstić information content (AvgIpc) is 2.74. The van der Waals surface area contributed by atoms with Crippen LogP contribution in [0.15, 0.2) is 16.7 Å². The molecule has 1 aromatic heterocycles. The Morgan fingerprint density at radius 1 is 1.39 bits per heavy atom. The fraction of sp³-hybridized carbons (Fsp3) is 0.733. The zero-order chi connectivity index (χ0) is 13.4. The maximum Gasteiger partial charge on any atom is 0.105 e. The molecule has 3 heteroatoms. The lowest BCUT2D eigenvalue weighted by Gasteiger charge is -2.24. The Labute approximate surface area is 112 Å². The van der Waals surface area contributed by atoms with E-state index in [4.69, 9.17) is 4.42 Å². The lowest BCUT2D eigenvalue weighted by Crippen LogP contribution is -2.29. The molecule has 0 aromatic carbocycles. The minimum absolute atomic E-state index is 0.614. The molecule has 0 fully saturated rings. The summed E-state index contributed by atoms with van der Waals surface area (Å²) in [7, 11) is 2.19. The molecular weight excluding hydrogens is 224 g/mol. The number of aryl methyl sites for hydroxylation is 1. The summed E-state index contributed by atoms with van der Waals surface area (Å²) in [5.74, 6) is 1.04. The second-order valence-corrected chi connectivity index (χ2v) is 5.16. The van der Waals surface area contributed by atoms with E-state index in [0.717, 1.165) is 25.4 Å². The first-order valence-electron chi connectivity index (χ1n) is 7.09. The molecule has 1 N–H and O–H groups in total. The molecule has 0 amide bonds. The van der Waals surface area contributed by atoms with E-state index < -0.39 is 0 Å². The van der Waals surface area contributed by atoms with E-state index in [1.165, 1.54) is 24.8 Å². The van der Waals surface area contributed by atoms with Gasteiger partial charge in [-0.3, -0.25) is 4.90 Å². The number of hydrogen-bond donors (Lipinski definition) is 1. The van der Waals surface area contributed by atoms with Gasteiger partial charge in [0.15, 0.2) is 0 Å². The van der Waals surface area contributed by atoms with Crippen molar-refractivity contribution in [3.63, 3.8) is 0 Å². The molecule has 0 saturated heterocycles. The van der Waals surface area contributed by atoms with Crippen LogP contribution >= 0.6 is 0 Å². The van der Waals surface area contributed by atoms with Crippen LogP contribution in [0.2, 0.25) is 0 Å². The lowest BCUT2D eigenvalue weighted by atomic mass is 10.1. The highest BCUT2D eigenvalue weighted by Gasteiger charge is 2.11. The van der Waals surface area contributed by atoms with Crippen LogP contribution in [-0.4, -0.2) is 31.1 Å². The van der Waals surface area contributed by atoms with Crippen LogP contribution in [0.3, 0.4) is 0 Å². The lowest BCUT2D eigenvalue weighted by molar-refractivity contribution is 0.233. The molecule has 1 aromatic rings. The summed E-state index contributed by atoms with van der Waals surface area (Å²) in [6.45, 7) is 9.79. The second kappa shape index (κ2) is 8.33. The third-order valence-corrected chi connectivity index (χ3v) is 3.54. The SMILES string of the molecule is CCCNCCCC(C)N(C)Cc1ccoc1C. The molecule has 18 heavy (non-hydrogen) atoms. The average molecular weight is 252 g/mol. The summed E-state index contributed by atoms with van der Waals surface area (Å²) in [6.07, 6.45) is 5.48. The molecule has 1 unspecified atom stereocenters. The first kappa shape index (κ1) is 15.3. The molecule has 0 aliphatic rings. The van der Waals surface area contributed by atoms with Crippen molar-refractivity contribution in [2.75, 3.05) is 20.1 Å². The fourth-order valence-electron chi connectivity index (χ4n) is 2.04. The third kappa shape index (κ3) is 5.23. The summed E-state index contributed by atoms with van der Waals surface area (Å²) in [4.78, 5) is 2.40. The van der Waals surface area contributed by atoms with E-state index in [2.05, 4.69) is 37.2 Å². The van der Waals surface area contributed by atoms with E-state index >= 15 is 0 Å². The highest BCUT2D eigenvalue weighted by molar-refractivity contribution is 5.15. The van der Waals surface area contributed by atoms with Crippen LogP contribution in [-0.2, 0) is 6.54 Å². The van der Waals surface area contributed by atoms with Gasteiger partial charge in [-0.2, -0.15) is 0 Å². The van der Waals surface area contributed by atoms with Crippen molar-refractivity contribution >= 4 is 0 Å². The van der Waals surface area contributed by atoms with Gasteiger partial charge in [-0.25, -0.2) is 0 Å². The minimum atomic E-state index is 0.614. The Morgan fingerprint density at radius 2 is 2.17 bits per heavy atom. The van der Waals surface area contributed by atoms with Crippen LogP contribution in [0.25, 0.3) is 0 Å². The summed E-state index contributed by atoms with van der Waals surface area (Å²) < 4.78 is 5.33. The molecule has 0 saturated carbocycles. The van der Waals surface area contributed by atoms with Crippen molar-refractivity contribution in [3.8, 4) is 0 Å². The number of furan rings is 1. The topological polar surface area (TPSA) is 28.4 Å². The molecule has 0 bridgehead atoms. The molecule has 0 radical (unpaired) electrons. The number of rotatable bonds is 9. The predicted octanol–water partition coefficient (Wildman–Crippen LogP) is 3.19. The van der Waals surface area contributed by atoms with E-state index in [-0.39, 0.29) is 0 Å². The maximum atomic E-state index is 5.33. The molecule has 1 rings (SSSR count). The quantitative estimate of drug-likeness (QED) is 0.684. The Bertz CT molecular complexity index is 322. The van der Waals surface area contributed by atoms with Crippen molar-refractivity contribution in [3.05, 3.63) is 23.7 Å². The molecular formula is C15H28N2O. The van der Waals surface area contributed by atoms with Crippen molar-refractivity contribution in [1.29, 1.82) is 0 Å². The summed E-state index contributed by atoms with van der Waals surface area (Å²) >= 11 is 0. The number of hydrogen-bond acceptors (Lipinski definition) is 3. The Kier molecular flexibility index (Phi) is 7.06. The van der Waals surface area contributed by atoms with E-state index in [0.29, 0.717) is 6.04 Å². The Morgan fingerprint density at radius 3 is 2.78 bits per heavy atom. The Balaban J connectivity index is 2.20. The van der Waals surface area contributed by atoms with Gasteiger partial charge in [-0.1, -0.05) is 6.92 Å². The highest BCUT2D eigenvalue weighted by atomic mass is 16.3. The van der Waals surface area contributed by atoms with E-state index in [1.807, 2.05) is 6.92 Å². The minimum Gasteiger partial charge on any atom is -0.469 e. The summed E-state index contributed by atoms with van der Waals surface area (Å²) in [5.41, 5.74) is 1.30. The van der Waals surface area contributed by atoms with Crippen molar-refractivity contribution < 1.29 is 4.42 Å². The number of nitrogens with zero attached hydrogens (tertiary/aromatic N) is 1. The molecule has 0 aliphatic heterocycles. The van der Waals surface area contributed by atoms with Gasteiger partial charge in [0.1, 0.15) is 5.76 Å². The fourth-order valence-corrected chi connectivity index (χ4v) is 2.04. The molecule has 1 atom stereocenters. The summed E-state index contributed by atoms with van der Waals surface area (Å²) in [6, 6.07) is 2.68. The van der Waals surface area contributed by atoms with Crippen molar-refractivity contribution in [2.24, 2.45) is 0 Å². The number of nitrogens with one attached hydrogen (secondary N) is 1. The van der Waals surface area contributed by atoms with Crippen LogP contribution < -0.4 is 5.32 Å². The van der Waals surface area contributed by atoms with Gasteiger partial charge in [0.25, 0.3) is 0 Å². The third-order valence-electron chi connectivity index (χ3n) is 3.54. The molecule has 3 nitrogen and oxygen atoms in total. The molecule has 0 spiro atoms. The van der Waals surface area contributed by atoms with Crippen LogP contribution in [0.5, 0.6) is 0 Å². The van der Waals surface area contributed by atoms with Crippen molar-refractivity contribution in [1.82, 2.24) is 10.2 Å². The largest absolute Gasteiger partial charge is 0.469 e. The van der Waals surface area contributed by atoms with Gasteiger partial charge >= 0.3 is 0 Å². The van der Waals surface area contributed by atoms with E-state index in [9.17, 15) is 0 Å². The molecule has 0 aliphatic carbocycles. The standard InChI is InChI=1S/C15H28N2O/c1-5-9-16-10-6-7-13(2)17(4)12-15-8-11-18-14(15)3/h8,11,13,16H,5-7,9-10,12H2,1-4H3. The molecule has 1 heterocycles. The zero-order valence-corrected chi connectivity index (χ0v) is 12.3. The van der Waals surface area contributed by atoms with Gasteiger partial charge in [0.2, 0.25) is 0 Å². The maximum absolute atomic E-state index is 5.33. The second-order valence-electron chi connectivity index (χ2n) is 5.16. The van der Waals surface area contributed by atoms with Gasteiger partial charge in [0, 0.05) is 18.2 Å². The highest BCUT2D eigenvalue weighted by Crippen LogP contribution is 2.14. The van der Waals surface area contributed by atoms with E-state index in [1.54, 1.807) is 6.26 Å². The summed E-state index contributed by atoms with van der Waals surface area (Å²) in [5, 5.41) is 3.45. The monoisotopic (exact) mass is 252 g/mol. The zero-order valence-electron chi connectivity index (χ0n) is 12.3. The van der Waals surface area contributed by atoms with Crippen molar-refractivity contribution in [2.45, 2.75) is 52.6 Å². The predicted molar refractivity (Wildman–Crippen MR) is 76.8 cm³/mol. The first-order valence-corrected chi connectivity index (χ1v) is 7.09. The molecule has 104 valence electrons. The smallest absolute Gasteiger partial charge is 0.105 e. The first-order chi connectivity index (χ1) is 8.65. The normalized spacial score (nSPS) is 13.2. The van der Waals surface area contributed by atoms with Crippen LogP contribution in [0, 0.1) is 6.92 Å². The van der Waals surface area contributed by atoms with Gasteiger partial charge in [0.05, 0.1) is 6.26 Å². The van der Waals surface area contributed by atoms with Gasteiger partial charge < -0.3 is 9.73 Å².